The molecular formula is C36H49N5O8S. The number of aromatic nitrogens is 1. The number of nitrogens with one attached hydrogen (secondary N) is 3. The first-order valence-corrected chi connectivity index (χ1v) is 18.8. The Bertz CT molecular complexity index is 1770. The number of fused-ring (bicyclic) bond motifs is 1. The van der Waals surface area contributed by atoms with Gasteiger partial charge < -0.3 is 25.0 Å². The maximum absolute atomic E-state index is 14.5. The van der Waals surface area contributed by atoms with Crippen LogP contribution in [0.2, 0.25) is 0 Å². The molecule has 5 unspecified atom stereocenters. The van der Waals surface area contributed by atoms with Gasteiger partial charge >= 0.3 is 0 Å². The van der Waals surface area contributed by atoms with Gasteiger partial charge in [0.05, 0.1) is 18.9 Å². The molecule has 3 fully saturated rings. The molecule has 2 aliphatic carbocycles. The van der Waals surface area contributed by atoms with Crippen LogP contribution in [0.5, 0.6) is 11.6 Å². The van der Waals surface area contributed by atoms with Crippen LogP contribution >= 0.6 is 0 Å². The minimum Gasteiger partial charge on any atom is -0.497 e. The van der Waals surface area contributed by atoms with E-state index in [9.17, 15) is 27.6 Å². The largest absolute Gasteiger partial charge is 0.497 e. The van der Waals surface area contributed by atoms with Gasteiger partial charge in [-0.15, -0.1) is 6.58 Å². The number of nitrogens with zero attached hydrogens (tertiary/aromatic N) is 2. The average molecular weight is 712 g/mol. The topological polar surface area (TPSA) is 173 Å². The third kappa shape index (κ3) is 7.59. The molecule has 1 aliphatic heterocycles. The van der Waals surface area contributed by atoms with Gasteiger partial charge in [-0.25, -0.2) is 13.4 Å². The summed E-state index contributed by atoms with van der Waals surface area (Å²) < 4.78 is 39.2. The fourth-order valence-corrected chi connectivity index (χ4v) is 8.00. The number of methoxy groups -OCH3 is 1. The maximum Gasteiger partial charge on any atom is 0.259 e. The second-order valence-corrected chi connectivity index (χ2v) is 16.6. The standard InChI is InChI=1S/C36H49N5O8S/c1-8-21(9-2)30(42)38-29(35(4,5)6)33(44)41-20-25(49-32-27-14-11-24(48-7)17-22(27)15-16-37-32)18-28(41)31(43)39-36(19-23(36)10-3)34(45)40-50(46,47)26-12-13-26/h10-11,14-17,21,23,25-26,28-29H,3,8-9,12-13,18-20H2,1-2,4-7H3,(H,38,42)(H,39,43)(H,40,45). The smallest absolute Gasteiger partial charge is 0.259 e. The number of amides is 4. The van der Waals surface area contributed by atoms with Crippen molar-refractivity contribution in [3.8, 4) is 11.6 Å². The first kappa shape index (κ1) is 37.1. The molecule has 1 aromatic heterocycles. The van der Waals surface area contributed by atoms with Crippen LogP contribution in [0.25, 0.3) is 10.8 Å². The molecular weight excluding hydrogens is 662 g/mol. The number of hydrogen-bond acceptors (Lipinski definition) is 9. The van der Waals surface area contributed by atoms with Crippen LogP contribution in [-0.2, 0) is 29.2 Å². The van der Waals surface area contributed by atoms with E-state index in [2.05, 4.69) is 26.9 Å². The molecule has 4 amide bonds. The lowest BCUT2D eigenvalue weighted by Gasteiger charge is -2.36. The predicted molar refractivity (Wildman–Crippen MR) is 188 cm³/mol. The summed E-state index contributed by atoms with van der Waals surface area (Å²) in [6, 6.07) is 5.20. The lowest BCUT2D eigenvalue weighted by atomic mass is 9.85. The Balaban J connectivity index is 1.45. The summed E-state index contributed by atoms with van der Waals surface area (Å²) in [5.41, 5.74) is -2.25. The van der Waals surface area contributed by atoms with Gasteiger partial charge in [0.1, 0.15) is 29.5 Å². The second-order valence-electron chi connectivity index (χ2n) is 14.7. The highest BCUT2D eigenvalue weighted by Gasteiger charge is 2.62. The van der Waals surface area contributed by atoms with Crippen LogP contribution in [0.1, 0.15) is 73.1 Å². The van der Waals surface area contributed by atoms with Crippen molar-refractivity contribution < 1.29 is 37.1 Å². The molecule has 2 saturated carbocycles. The van der Waals surface area contributed by atoms with E-state index in [0.717, 1.165) is 5.39 Å². The van der Waals surface area contributed by atoms with Gasteiger partial charge in [0.15, 0.2) is 0 Å². The predicted octanol–water partition coefficient (Wildman–Crippen LogP) is 3.23. The quantitative estimate of drug-likeness (QED) is 0.249. The molecule has 2 aromatic rings. The fourth-order valence-electron chi connectivity index (χ4n) is 6.64. The summed E-state index contributed by atoms with van der Waals surface area (Å²) in [5, 5.41) is 6.67. The van der Waals surface area contributed by atoms with Gasteiger partial charge in [0.2, 0.25) is 33.6 Å². The van der Waals surface area contributed by atoms with Gasteiger partial charge in [-0.2, -0.15) is 0 Å². The number of sulfonamides is 1. The summed E-state index contributed by atoms with van der Waals surface area (Å²) in [6.07, 6.45) is 4.79. The second kappa shape index (κ2) is 14.2. The third-order valence-electron chi connectivity index (χ3n) is 10.1. The van der Waals surface area contributed by atoms with Gasteiger partial charge in [0, 0.05) is 29.8 Å². The Hall–Kier alpha value is -4.20. The van der Waals surface area contributed by atoms with Crippen molar-refractivity contribution in [2.24, 2.45) is 17.3 Å². The average Bonchev–Trinajstić information content (AvgIpc) is 4.00. The minimum absolute atomic E-state index is 0.00127. The molecule has 1 saturated heterocycles. The van der Waals surface area contributed by atoms with Crippen molar-refractivity contribution in [1.29, 1.82) is 0 Å². The SMILES string of the molecule is C=CC1CC1(NC(=O)C1CC(Oc2nccc3cc(OC)ccc23)CN1C(=O)C(NC(=O)C(CC)CC)C(C)(C)C)C(=O)NS(=O)(=O)C1CC1. The van der Waals surface area contributed by atoms with Crippen LogP contribution in [0, 0.1) is 17.3 Å². The van der Waals surface area contributed by atoms with Gasteiger partial charge in [-0.1, -0.05) is 40.7 Å². The van der Waals surface area contributed by atoms with E-state index in [4.69, 9.17) is 9.47 Å². The van der Waals surface area contributed by atoms with Gasteiger partial charge in [-0.05, 0) is 67.2 Å². The van der Waals surface area contributed by atoms with Gasteiger partial charge in [0.25, 0.3) is 5.91 Å². The first-order valence-electron chi connectivity index (χ1n) is 17.3. The van der Waals surface area contributed by atoms with Crippen LogP contribution in [0.4, 0.5) is 0 Å². The number of pyridine rings is 1. The molecule has 2 heterocycles. The van der Waals surface area contributed by atoms with Crippen molar-refractivity contribution in [3.05, 3.63) is 43.1 Å². The van der Waals surface area contributed by atoms with Crippen molar-refractivity contribution in [2.45, 2.75) is 102 Å². The number of carbonyl (C=O) groups excluding carboxylic acids is 4. The molecule has 13 nitrogen and oxygen atoms in total. The molecule has 5 atom stereocenters. The normalized spacial score (nSPS) is 24.0. The van der Waals surface area contributed by atoms with Crippen molar-refractivity contribution >= 4 is 44.4 Å². The van der Waals surface area contributed by atoms with Crippen molar-refractivity contribution in [1.82, 2.24) is 25.2 Å². The van der Waals surface area contributed by atoms with Crippen LogP contribution in [0.15, 0.2) is 43.1 Å². The molecule has 0 spiro atoms. The van der Waals surface area contributed by atoms with Crippen molar-refractivity contribution in [3.63, 3.8) is 0 Å². The molecule has 3 aliphatic rings. The van der Waals surface area contributed by atoms with E-state index < -0.39 is 68.1 Å². The Morgan fingerprint density at radius 2 is 1.84 bits per heavy atom. The Morgan fingerprint density at radius 3 is 2.42 bits per heavy atom. The first-order chi connectivity index (χ1) is 23.6. The monoisotopic (exact) mass is 711 g/mol. The zero-order valence-corrected chi connectivity index (χ0v) is 30.5. The van der Waals surface area contributed by atoms with Crippen LogP contribution in [-0.4, -0.2) is 84.6 Å². The molecule has 3 N–H and O–H groups in total. The Morgan fingerprint density at radius 1 is 1.14 bits per heavy atom. The molecule has 50 heavy (non-hydrogen) atoms. The Kier molecular flexibility index (Phi) is 10.5. The van der Waals surface area contributed by atoms with E-state index in [1.165, 1.54) is 11.0 Å². The number of ether oxygens (including phenoxy) is 2. The maximum atomic E-state index is 14.5. The minimum atomic E-state index is -3.88. The highest BCUT2D eigenvalue weighted by atomic mass is 32.2. The summed E-state index contributed by atoms with van der Waals surface area (Å²) >= 11 is 0. The lowest BCUT2D eigenvalue weighted by molar-refractivity contribution is -0.145. The molecule has 272 valence electrons. The number of rotatable bonds is 14. The molecule has 1 aromatic carbocycles. The van der Waals surface area contributed by atoms with E-state index >= 15 is 0 Å². The highest BCUT2D eigenvalue weighted by molar-refractivity contribution is 7.91. The number of carbonyl (C=O) groups is 4. The van der Waals surface area contributed by atoms with Crippen LogP contribution in [0.3, 0.4) is 0 Å². The summed E-state index contributed by atoms with van der Waals surface area (Å²) in [5.74, 6) is -1.99. The number of likely N-dealkylation sites (tertiary alicyclic amines) is 1. The van der Waals surface area contributed by atoms with E-state index in [1.807, 2.05) is 52.8 Å². The number of benzene rings is 1. The number of hydrogen-bond donors (Lipinski definition) is 3. The molecule has 0 bridgehead atoms. The summed E-state index contributed by atoms with van der Waals surface area (Å²) in [6.45, 7) is 13.1. The summed E-state index contributed by atoms with van der Waals surface area (Å²) in [7, 11) is -2.31. The molecule has 5 rings (SSSR count). The van der Waals surface area contributed by atoms with Gasteiger partial charge in [-0.3, -0.25) is 23.9 Å². The zero-order valence-electron chi connectivity index (χ0n) is 29.7. The third-order valence-corrected chi connectivity index (χ3v) is 11.9. The highest BCUT2D eigenvalue weighted by Crippen LogP contribution is 2.45. The summed E-state index contributed by atoms with van der Waals surface area (Å²) in [4.78, 5) is 61.3. The fraction of sp³-hybridized carbons (Fsp3) is 0.583. The Labute approximate surface area is 294 Å². The molecule has 14 heteroatoms. The van der Waals surface area contributed by atoms with E-state index in [0.29, 0.717) is 42.7 Å². The van der Waals surface area contributed by atoms with E-state index in [-0.39, 0.29) is 31.2 Å². The zero-order chi connectivity index (χ0) is 36.6. The van der Waals surface area contributed by atoms with Crippen LogP contribution < -0.4 is 24.8 Å². The lowest BCUT2D eigenvalue weighted by Crippen LogP contribution is -2.60. The van der Waals surface area contributed by atoms with Crippen molar-refractivity contribution in [2.75, 3.05) is 13.7 Å². The van der Waals surface area contributed by atoms with E-state index in [1.54, 1.807) is 19.4 Å². The molecule has 0 radical (unpaired) electrons.